The number of sulfonamides is 1. The van der Waals surface area contributed by atoms with Gasteiger partial charge < -0.3 is 15.4 Å². The van der Waals surface area contributed by atoms with Crippen LogP contribution < -0.4 is 20.1 Å². The molecule has 3 rings (SSSR count). The fourth-order valence-electron chi connectivity index (χ4n) is 2.86. The summed E-state index contributed by atoms with van der Waals surface area (Å²) in [5.41, 5.74) is 0.948. The predicted octanol–water partition coefficient (Wildman–Crippen LogP) is 1.65. The third-order valence-electron chi connectivity index (χ3n) is 4.82. The lowest BCUT2D eigenvalue weighted by molar-refractivity contribution is -0.123. The second kappa shape index (κ2) is 11.2. The molecule has 1 fully saturated rings. The van der Waals surface area contributed by atoms with E-state index < -0.39 is 26.6 Å². The Morgan fingerprint density at radius 1 is 0.970 bits per heavy atom. The first-order valence-corrected chi connectivity index (χ1v) is 11.9. The standard InChI is InChI=1S/C22H25F2N3O5S/c23-19-8-7-18(13-20(19)24)33(30,31)26-12-10-21(28)25-11-9-15-1-5-17(6-2-15)32-14-22(29)27-16-3-4-16/h1-2,5-8,13,16,26H,3-4,9-12,14H2,(H,25,28)(H,27,29). The molecule has 1 aliphatic carbocycles. The lowest BCUT2D eigenvalue weighted by Gasteiger charge is -2.09. The van der Waals surface area contributed by atoms with Crippen LogP contribution in [0.2, 0.25) is 0 Å². The van der Waals surface area contributed by atoms with Gasteiger partial charge in [0.1, 0.15) is 5.75 Å². The van der Waals surface area contributed by atoms with E-state index in [4.69, 9.17) is 4.74 Å². The summed E-state index contributed by atoms with van der Waals surface area (Å²) in [6.07, 6.45) is 2.47. The van der Waals surface area contributed by atoms with Crippen LogP contribution in [0.5, 0.6) is 5.75 Å². The first-order chi connectivity index (χ1) is 15.7. The summed E-state index contributed by atoms with van der Waals surface area (Å²) >= 11 is 0. The normalized spacial score (nSPS) is 13.4. The quantitative estimate of drug-likeness (QED) is 0.427. The molecule has 0 spiro atoms. The number of halogens is 2. The molecule has 11 heteroatoms. The zero-order chi connectivity index (χ0) is 23.8. The minimum atomic E-state index is -4.05. The van der Waals surface area contributed by atoms with Crippen molar-refractivity contribution in [3.05, 3.63) is 59.7 Å². The van der Waals surface area contributed by atoms with Crippen molar-refractivity contribution in [2.75, 3.05) is 19.7 Å². The van der Waals surface area contributed by atoms with E-state index in [2.05, 4.69) is 15.4 Å². The molecule has 3 N–H and O–H groups in total. The van der Waals surface area contributed by atoms with Gasteiger partial charge in [-0.3, -0.25) is 9.59 Å². The van der Waals surface area contributed by atoms with Crippen molar-refractivity contribution < 1.29 is 31.5 Å². The topological polar surface area (TPSA) is 114 Å². The first kappa shape index (κ1) is 24.6. The summed E-state index contributed by atoms with van der Waals surface area (Å²) in [6.45, 7) is 0.123. The van der Waals surface area contributed by atoms with Crippen molar-refractivity contribution in [3.63, 3.8) is 0 Å². The van der Waals surface area contributed by atoms with Crippen molar-refractivity contribution in [1.82, 2.24) is 15.4 Å². The lowest BCUT2D eigenvalue weighted by atomic mass is 10.1. The van der Waals surface area contributed by atoms with E-state index in [0.29, 0.717) is 30.8 Å². The first-order valence-electron chi connectivity index (χ1n) is 10.5. The molecule has 0 bridgehead atoms. The van der Waals surface area contributed by atoms with Crippen LogP contribution in [0, 0.1) is 11.6 Å². The Hall–Kier alpha value is -3.05. The average Bonchev–Trinajstić information content (AvgIpc) is 3.59. The summed E-state index contributed by atoms with van der Waals surface area (Å²) in [6, 6.07) is 9.69. The van der Waals surface area contributed by atoms with E-state index in [-0.39, 0.29) is 31.4 Å². The monoisotopic (exact) mass is 481 g/mol. The van der Waals surface area contributed by atoms with Gasteiger partial charge in [-0.15, -0.1) is 0 Å². The number of hydrogen-bond acceptors (Lipinski definition) is 5. The molecule has 2 aromatic carbocycles. The molecule has 2 amide bonds. The van der Waals surface area contributed by atoms with Gasteiger partial charge in [0.15, 0.2) is 18.2 Å². The highest BCUT2D eigenvalue weighted by molar-refractivity contribution is 7.89. The summed E-state index contributed by atoms with van der Waals surface area (Å²) in [5.74, 6) is -2.34. The molecule has 1 saturated carbocycles. The minimum absolute atomic E-state index is 0.0360. The van der Waals surface area contributed by atoms with E-state index >= 15 is 0 Å². The Balaban J connectivity index is 1.32. The van der Waals surface area contributed by atoms with Crippen LogP contribution in [0.25, 0.3) is 0 Å². The van der Waals surface area contributed by atoms with Gasteiger partial charge in [0.05, 0.1) is 4.90 Å². The summed E-state index contributed by atoms with van der Waals surface area (Å²) in [5, 5.41) is 5.52. The number of amides is 2. The average molecular weight is 482 g/mol. The SMILES string of the molecule is O=C(CCNS(=O)(=O)c1ccc(F)c(F)c1)NCCc1ccc(OCC(=O)NC2CC2)cc1. The zero-order valence-electron chi connectivity index (χ0n) is 17.8. The van der Waals surface area contributed by atoms with Crippen LogP contribution in [-0.2, 0) is 26.0 Å². The highest BCUT2D eigenvalue weighted by Gasteiger charge is 2.23. The van der Waals surface area contributed by atoms with Crippen molar-refractivity contribution in [1.29, 1.82) is 0 Å². The maximum absolute atomic E-state index is 13.2. The Labute approximate surface area is 190 Å². The molecule has 0 unspecified atom stereocenters. The number of carbonyl (C=O) groups is 2. The second-order valence-corrected chi connectivity index (χ2v) is 9.37. The van der Waals surface area contributed by atoms with Crippen LogP contribution >= 0.6 is 0 Å². The number of rotatable bonds is 12. The van der Waals surface area contributed by atoms with Crippen LogP contribution in [0.4, 0.5) is 8.78 Å². The molecule has 0 saturated heterocycles. The Morgan fingerprint density at radius 2 is 1.70 bits per heavy atom. The van der Waals surface area contributed by atoms with Crippen molar-refractivity contribution in [2.24, 2.45) is 0 Å². The highest BCUT2D eigenvalue weighted by atomic mass is 32.2. The number of benzene rings is 2. The maximum atomic E-state index is 13.2. The number of hydrogen-bond donors (Lipinski definition) is 3. The Morgan fingerprint density at radius 3 is 2.36 bits per heavy atom. The van der Waals surface area contributed by atoms with E-state index in [0.717, 1.165) is 30.5 Å². The molecule has 2 aromatic rings. The van der Waals surface area contributed by atoms with Gasteiger partial charge in [0.25, 0.3) is 5.91 Å². The zero-order valence-corrected chi connectivity index (χ0v) is 18.6. The molecule has 33 heavy (non-hydrogen) atoms. The third kappa shape index (κ3) is 8.10. The van der Waals surface area contributed by atoms with Crippen LogP contribution in [0.3, 0.4) is 0 Å². The van der Waals surface area contributed by atoms with Crippen molar-refractivity contribution in [2.45, 2.75) is 36.6 Å². The smallest absolute Gasteiger partial charge is 0.258 e. The molecule has 0 heterocycles. The summed E-state index contributed by atoms with van der Waals surface area (Å²) < 4.78 is 57.9. The van der Waals surface area contributed by atoms with Gasteiger partial charge in [-0.05, 0) is 55.2 Å². The van der Waals surface area contributed by atoms with Gasteiger partial charge in [-0.25, -0.2) is 21.9 Å². The largest absolute Gasteiger partial charge is 0.484 e. The predicted molar refractivity (Wildman–Crippen MR) is 116 cm³/mol. The fraction of sp³-hybridized carbons (Fsp3) is 0.364. The molecule has 0 aromatic heterocycles. The third-order valence-corrected chi connectivity index (χ3v) is 6.28. The number of carbonyl (C=O) groups excluding carboxylic acids is 2. The maximum Gasteiger partial charge on any atom is 0.258 e. The summed E-state index contributed by atoms with van der Waals surface area (Å²) in [7, 11) is -4.05. The molecule has 0 atom stereocenters. The number of ether oxygens (including phenoxy) is 1. The molecular formula is C22H25F2N3O5S. The minimum Gasteiger partial charge on any atom is -0.484 e. The summed E-state index contributed by atoms with van der Waals surface area (Å²) in [4.78, 5) is 23.1. The van der Waals surface area contributed by atoms with E-state index in [9.17, 15) is 26.8 Å². The Kier molecular flexibility index (Phi) is 8.34. The van der Waals surface area contributed by atoms with E-state index in [1.54, 1.807) is 12.1 Å². The van der Waals surface area contributed by atoms with Crippen LogP contribution in [-0.4, -0.2) is 46.0 Å². The van der Waals surface area contributed by atoms with Gasteiger partial charge in [-0.2, -0.15) is 0 Å². The Bertz CT molecular complexity index is 1090. The fourth-order valence-corrected chi connectivity index (χ4v) is 3.90. The van der Waals surface area contributed by atoms with Crippen molar-refractivity contribution in [3.8, 4) is 5.75 Å². The molecular weight excluding hydrogens is 456 g/mol. The van der Waals surface area contributed by atoms with Gasteiger partial charge in [0.2, 0.25) is 15.9 Å². The van der Waals surface area contributed by atoms with Crippen LogP contribution in [0.1, 0.15) is 24.8 Å². The lowest BCUT2D eigenvalue weighted by Crippen LogP contribution is -2.31. The van der Waals surface area contributed by atoms with E-state index in [1.165, 1.54) is 0 Å². The molecule has 8 nitrogen and oxygen atoms in total. The molecule has 0 radical (unpaired) electrons. The van der Waals surface area contributed by atoms with E-state index in [1.807, 2.05) is 12.1 Å². The molecule has 178 valence electrons. The molecule has 1 aliphatic rings. The highest BCUT2D eigenvalue weighted by Crippen LogP contribution is 2.18. The van der Waals surface area contributed by atoms with Gasteiger partial charge in [-0.1, -0.05) is 12.1 Å². The number of nitrogens with one attached hydrogen (secondary N) is 3. The van der Waals surface area contributed by atoms with Crippen LogP contribution in [0.15, 0.2) is 47.4 Å². The van der Waals surface area contributed by atoms with Crippen molar-refractivity contribution >= 4 is 21.8 Å². The molecule has 0 aliphatic heterocycles. The van der Waals surface area contributed by atoms with Gasteiger partial charge in [0, 0.05) is 25.6 Å². The van der Waals surface area contributed by atoms with Gasteiger partial charge >= 0.3 is 0 Å². The second-order valence-electron chi connectivity index (χ2n) is 7.60.